The van der Waals surface area contributed by atoms with Crippen LogP contribution in [0.4, 0.5) is 5.69 Å². The monoisotopic (exact) mass is 475 g/mol. The summed E-state index contributed by atoms with van der Waals surface area (Å²) in [7, 11) is -0.765. The van der Waals surface area contributed by atoms with Crippen LogP contribution in [0.2, 0.25) is 0 Å². The lowest BCUT2D eigenvalue weighted by atomic mass is 10.1. The Morgan fingerprint density at radius 2 is 1.73 bits per heavy atom. The van der Waals surface area contributed by atoms with Crippen LogP contribution in [0.3, 0.4) is 0 Å². The lowest BCUT2D eigenvalue weighted by Crippen LogP contribution is -2.47. The average molecular weight is 476 g/mol. The van der Waals surface area contributed by atoms with Gasteiger partial charge in [0.05, 0.1) is 26.2 Å². The molecule has 33 heavy (non-hydrogen) atoms. The zero-order valence-electron chi connectivity index (χ0n) is 19.7. The number of sulfonamides is 1. The van der Waals surface area contributed by atoms with E-state index in [1.54, 1.807) is 25.1 Å². The van der Waals surface area contributed by atoms with Crippen molar-refractivity contribution in [2.24, 2.45) is 0 Å². The molecule has 2 aromatic carbocycles. The molecule has 1 heterocycles. The van der Waals surface area contributed by atoms with E-state index in [0.717, 1.165) is 35.8 Å². The number of benzene rings is 2. The summed E-state index contributed by atoms with van der Waals surface area (Å²) in [4.78, 5) is 15.4. The summed E-state index contributed by atoms with van der Waals surface area (Å²) in [5, 5.41) is 2.88. The summed E-state index contributed by atoms with van der Waals surface area (Å²) in [5.41, 5.74) is 2.51. The minimum absolute atomic E-state index is 0.320. The normalized spacial score (nSPS) is 15.2. The molecule has 1 atom stereocenters. The molecule has 1 N–H and O–H groups in total. The second-order valence-electron chi connectivity index (χ2n) is 8.30. The number of rotatable bonds is 10. The Bertz CT molecular complexity index is 1070. The lowest BCUT2D eigenvalue weighted by Gasteiger charge is -2.28. The third-order valence-corrected chi connectivity index (χ3v) is 7.01. The predicted octanol–water partition coefficient (Wildman–Crippen LogP) is 2.77. The van der Waals surface area contributed by atoms with E-state index in [2.05, 4.69) is 22.3 Å². The second kappa shape index (κ2) is 10.9. The molecule has 1 aliphatic rings. The van der Waals surface area contributed by atoms with Crippen LogP contribution in [0.15, 0.2) is 42.5 Å². The minimum atomic E-state index is -3.74. The SMILES string of the molecule is COc1ccc(N(C(C)C(=O)NCc2cccc(CN3CCCC3)c2)S(C)(=O)=O)cc1OC. The van der Waals surface area contributed by atoms with Gasteiger partial charge in [-0.2, -0.15) is 0 Å². The molecule has 1 aliphatic heterocycles. The smallest absolute Gasteiger partial charge is 0.243 e. The van der Waals surface area contributed by atoms with Crippen molar-refractivity contribution in [3.05, 3.63) is 53.6 Å². The van der Waals surface area contributed by atoms with Crippen LogP contribution in [0.1, 0.15) is 30.9 Å². The van der Waals surface area contributed by atoms with Gasteiger partial charge in [-0.15, -0.1) is 0 Å². The van der Waals surface area contributed by atoms with Crippen LogP contribution in [0, 0.1) is 0 Å². The largest absolute Gasteiger partial charge is 0.493 e. The number of methoxy groups -OCH3 is 2. The van der Waals surface area contributed by atoms with Gasteiger partial charge >= 0.3 is 0 Å². The molecule has 1 fully saturated rings. The summed E-state index contributed by atoms with van der Waals surface area (Å²) in [5.74, 6) is 0.465. The summed E-state index contributed by atoms with van der Waals surface area (Å²) in [6, 6.07) is 11.9. The van der Waals surface area contributed by atoms with Gasteiger partial charge in [-0.3, -0.25) is 14.0 Å². The van der Waals surface area contributed by atoms with Crippen molar-refractivity contribution in [1.82, 2.24) is 10.2 Å². The molecule has 9 heteroatoms. The Hall–Kier alpha value is -2.78. The maximum Gasteiger partial charge on any atom is 0.243 e. The highest BCUT2D eigenvalue weighted by atomic mass is 32.2. The van der Waals surface area contributed by atoms with Gasteiger partial charge < -0.3 is 14.8 Å². The number of ether oxygens (including phenoxy) is 2. The maximum absolute atomic E-state index is 12.9. The first-order valence-electron chi connectivity index (χ1n) is 11.0. The van der Waals surface area contributed by atoms with Gasteiger partial charge in [-0.1, -0.05) is 24.3 Å². The quantitative estimate of drug-likeness (QED) is 0.569. The minimum Gasteiger partial charge on any atom is -0.493 e. The predicted molar refractivity (Wildman–Crippen MR) is 129 cm³/mol. The van der Waals surface area contributed by atoms with Gasteiger partial charge in [0.1, 0.15) is 6.04 Å². The summed E-state index contributed by atoms with van der Waals surface area (Å²) in [6.07, 6.45) is 3.56. The number of nitrogens with zero attached hydrogens (tertiary/aromatic N) is 2. The molecule has 0 aromatic heterocycles. The molecule has 0 saturated carbocycles. The highest BCUT2D eigenvalue weighted by molar-refractivity contribution is 7.92. The van der Waals surface area contributed by atoms with E-state index in [1.165, 1.54) is 32.6 Å². The zero-order valence-corrected chi connectivity index (χ0v) is 20.5. The Morgan fingerprint density at radius 1 is 1.06 bits per heavy atom. The van der Waals surface area contributed by atoms with Crippen molar-refractivity contribution in [2.75, 3.05) is 37.9 Å². The van der Waals surface area contributed by atoms with E-state index in [0.29, 0.717) is 23.7 Å². The number of anilines is 1. The Labute approximate surface area is 196 Å². The number of hydrogen-bond donors (Lipinski definition) is 1. The molecule has 8 nitrogen and oxygen atoms in total. The van der Waals surface area contributed by atoms with E-state index >= 15 is 0 Å². The third kappa shape index (κ3) is 6.39. The van der Waals surface area contributed by atoms with Gasteiger partial charge in [-0.05, 0) is 56.1 Å². The van der Waals surface area contributed by atoms with E-state index in [1.807, 2.05) is 12.1 Å². The first-order chi connectivity index (χ1) is 15.7. The molecule has 0 aliphatic carbocycles. The standard InChI is InChI=1S/C24H33N3O5S/c1-18(27(33(4,29)30)21-10-11-22(31-2)23(15-21)32-3)24(28)25-16-19-8-7-9-20(14-19)17-26-12-5-6-13-26/h7-11,14-15,18H,5-6,12-13,16-17H2,1-4H3,(H,25,28). The van der Waals surface area contributed by atoms with Crippen LogP contribution in [-0.4, -0.2) is 58.8 Å². The van der Waals surface area contributed by atoms with Gasteiger partial charge in [0.15, 0.2) is 11.5 Å². The van der Waals surface area contributed by atoms with Crippen LogP contribution >= 0.6 is 0 Å². The fraction of sp³-hybridized carbons (Fsp3) is 0.458. The zero-order chi connectivity index (χ0) is 24.0. The van der Waals surface area contributed by atoms with Gasteiger partial charge in [-0.25, -0.2) is 8.42 Å². The van der Waals surface area contributed by atoms with Crippen molar-refractivity contribution >= 4 is 21.6 Å². The molecule has 1 unspecified atom stereocenters. The van der Waals surface area contributed by atoms with E-state index in [9.17, 15) is 13.2 Å². The highest BCUT2D eigenvalue weighted by Gasteiger charge is 2.29. The molecule has 180 valence electrons. The summed E-state index contributed by atoms with van der Waals surface area (Å²) in [6.45, 7) is 5.03. The average Bonchev–Trinajstić information content (AvgIpc) is 3.29. The maximum atomic E-state index is 12.9. The number of carbonyl (C=O) groups excluding carboxylic acids is 1. The van der Waals surface area contributed by atoms with Crippen LogP contribution in [0.5, 0.6) is 11.5 Å². The number of carbonyl (C=O) groups is 1. The molecule has 2 aromatic rings. The molecule has 1 saturated heterocycles. The summed E-state index contributed by atoms with van der Waals surface area (Å²) < 4.78 is 36.8. The Kier molecular flexibility index (Phi) is 8.20. The van der Waals surface area contributed by atoms with E-state index < -0.39 is 16.1 Å². The van der Waals surface area contributed by atoms with Crippen LogP contribution in [-0.2, 0) is 27.9 Å². The van der Waals surface area contributed by atoms with Crippen molar-refractivity contribution in [3.63, 3.8) is 0 Å². The molecule has 0 spiro atoms. The molecule has 0 radical (unpaired) electrons. The van der Waals surface area contributed by atoms with Crippen molar-refractivity contribution in [2.45, 2.75) is 38.9 Å². The second-order valence-corrected chi connectivity index (χ2v) is 10.2. The molecular weight excluding hydrogens is 442 g/mol. The molecular formula is C24H33N3O5S. The number of likely N-dealkylation sites (tertiary alicyclic amines) is 1. The summed E-state index contributed by atoms with van der Waals surface area (Å²) >= 11 is 0. The number of hydrogen-bond acceptors (Lipinski definition) is 6. The first-order valence-corrected chi connectivity index (χ1v) is 12.9. The lowest BCUT2D eigenvalue weighted by molar-refractivity contribution is -0.122. The third-order valence-electron chi connectivity index (χ3n) is 5.77. The Balaban J connectivity index is 1.71. The number of nitrogens with one attached hydrogen (secondary N) is 1. The number of amides is 1. The molecule has 3 rings (SSSR count). The molecule has 0 bridgehead atoms. The van der Waals surface area contributed by atoms with E-state index in [-0.39, 0.29) is 5.91 Å². The Morgan fingerprint density at radius 3 is 2.36 bits per heavy atom. The van der Waals surface area contributed by atoms with Crippen molar-refractivity contribution < 1.29 is 22.7 Å². The highest BCUT2D eigenvalue weighted by Crippen LogP contribution is 2.33. The van der Waals surface area contributed by atoms with E-state index in [4.69, 9.17) is 9.47 Å². The fourth-order valence-electron chi connectivity index (χ4n) is 4.14. The van der Waals surface area contributed by atoms with Crippen molar-refractivity contribution in [1.29, 1.82) is 0 Å². The first kappa shape index (κ1) is 24.9. The van der Waals surface area contributed by atoms with Crippen LogP contribution in [0.25, 0.3) is 0 Å². The van der Waals surface area contributed by atoms with Gasteiger partial charge in [0.2, 0.25) is 15.9 Å². The molecule has 1 amide bonds. The fourth-order valence-corrected chi connectivity index (χ4v) is 5.31. The van der Waals surface area contributed by atoms with Gasteiger partial charge in [0.25, 0.3) is 0 Å². The van der Waals surface area contributed by atoms with Gasteiger partial charge in [0, 0.05) is 19.2 Å². The van der Waals surface area contributed by atoms with Crippen molar-refractivity contribution in [3.8, 4) is 11.5 Å². The van der Waals surface area contributed by atoms with Crippen LogP contribution < -0.4 is 19.1 Å². The topological polar surface area (TPSA) is 88.2 Å².